The molecule has 2 aliphatic heterocycles. The van der Waals surface area contributed by atoms with Gasteiger partial charge in [0.25, 0.3) is 5.91 Å². The third kappa shape index (κ3) is 6.96. The van der Waals surface area contributed by atoms with Gasteiger partial charge in [0.15, 0.2) is 5.65 Å². The molecule has 0 atom stereocenters. The van der Waals surface area contributed by atoms with E-state index in [0.717, 1.165) is 37.3 Å². The van der Waals surface area contributed by atoms with Gasteiger partial charge in [-0.15, -0.1) is 5.10 Å². The smallest absolute Gasteiger partial charge is 0.396 e. The van der Waals surface area contributed by atoms with E-state index in [2.05, 4.69) is 32.6 Å². The zero-order valence-corrected chi connectivity index (χ0v) is 24.1. The van der Waals surface area contributed by atoms with Gasteiger partial charge in [0, 0.05) is 55.6 Å². The molecule has 228 valence electrons. The Hall–Kier alpha value is -3.42. The molecule has 0 saturated carbocycles. The summed E-state index contributed by atoms with van der Waals surface area (Å²) in [4.78, 5) is 24.0. The highest BCUT2D eigenvalue weighted by Crippen LogP contribution is 2.34. The van der Waals surface area contributed by atoms with Gasteiger partial charge in [-0.2, -0.15) is 18.2 Å². The van der Waals surface area contributed by atoms with Crippen LogP contribution in [0.4, 0.5) is 30.5 Å². The molecule has 5 rings (SSSR count). The summed E-state index contributed by atoms with van der Waals surface area (Å²) in [6, 6.07) is 11.4. The van der Waals surface area contributed by atoms with Crippen LogP contribution in [0.25, 0.3) is 5.65 Å². The Balaban J connectivity index is 1.22. The molecule has 2 aromatic heterocycles. The first-order valence-corrected chi connectivity index (χ1v) is 14.4. The van der Waals surface area contributed by atoms with E-state index < -0.39 is 18.1 Å². The van der Waals surface area contributed by atoms with E-state index in [9.17, 15) is 23.1 Å². The lowest BCUT2D eigenvalue weighted by Crippen LogP contribution is -2.48. The number of aliphatic hydroxyl groups excluding tert-OH is 1. The number of fused-ring (bicyclic) bond motifs is 1. The van der Waals surface area contributed by atoms with E-state index >= 15 is 0 Å². The lowest BCUT2D eigenvalue weighted by atomic mass is 9.79. The number of anilines is 3. The molecule has 0 spiro atoms. The zero-order valence-electron chi connectivity index (χ0n) is 24.1. The number of halogens is 3. The summed E-state index contributed by atoms with van der Waals surface area (Å²) in [6.07, 6.45) is 0.562. The molecular formula is C29H39F3N8O2. The number of nitrogens with one attached hydrogen (secondary N) is 2. The monoisotopic (exact) mass is 588 g/mol. The number of likely N-dealkylation sites (tertiary alicyclic amines) is 1. The van der Waals surface area contributed by atoms with Crippen molar-refractivity contribution >= 4 is 28.9 Å². The lowest BCUT2D eigenvalue weighted by Gasteiger charge is -2.41. The normalized spacial score (nSPS) is 18.4. The van der Waals surface area contributed by atoms with Crippen molar-refractivity contribution in [2.75, 3.05) is 70.2 Å². The summed E-state index contributed by atoms with van der Waals surface area (Å²) < 4.78 is 39.5. The van der Waals surface area contributed by atoms with Gasteiger partial charge in [-0.1, -0.05) is 0 Å². The average molecular weight is 589 g/mol. The minimum Gasteiger partial charge on any atom is -0.396 e. The third-order valence-electron chi connectivity index (χ3n) is 8.61. The highest BCUT2D eigenvalue weighted by molar-refractivity contribution is 5.94. The highest BCUT2D eigenvalue weighted by Gasteiger charge is 2.36. The van der Waals surface area contributed by atoms with E-state index in [1.54, 1.807) is 10.7 Å². The van der Waals surface area contributed by atoms with Gasteiger partial charge >= 0.3 is 6.18 Å². The number of nitrogens with zero attached hydrogens (tertiary/aromatic N) is 6. The van der Waals surface area contributed by atoms with Gasteiger partial charge in [-0.05, 0) is 82.2 Å². The first-order valence-electron chi connectivity index (χ1n) is 14.4. The molecule has 0 bridgehead atoms. The lowest BCUT2D eigenvalue weighted by molar-refractivity contribution is -0.126. The van der Waals surface area contributed by atoms with Crippen LogP contribution in [0, 0.1) is 5.41 Å². The van der Waals surface area contributed by atoms with Crippen LogP contribution >= 0.6 is 0 Å². The third-order valence-corrected chi connectivity index (χ3v) is 8.61. The molecular weight excluding hydrogens is 549 g/mol. The molecule has 1 amide bonds. The van der Waals surface area contributed by atoms with E-state index in [1.165, 1.54) is 0 Å². The van der Waals surface area contributed by atoms with Crippen molar-refractivity contribution < 1.29 is 23.1 Å². The van der Waals surface area contributed by atoms with Crippen LogP contribution in [0.2, 0.25) is 0 Å². The Bertz CT molecular complexity index is 1350. The molecule has 3 aromatic rings. The van der Waals surface area contributed by atoms with Crippen LogP contribution in [0.3, 0.4) is 0 Å². The second-order valence-electron chi connectivity index (χ2n) is 11.6. The number of pyridine rings is 1. The number of piperidine rings is 2. The van der Waals surface area contributed by atoms with Crippen LogP contribution in [0.1, 0.15) is 36.0 Å². The van der Waals surface area contributed by atoms with Crippen molar-refractivity contribution in [2.24, 2.45) is 5.41 Å². The van der Waals surface area contributed by atoms with E-state index in [0.29, 0.717) is 43.1 Å². The Kier molecular flexibility index (Phi) is 8.90. The van der Waals surface area contributed by atoms with Crippen molar-refractivity contribution in [3.63, 3.8) is 0 Å². The standard InChI is InChI=1S/C29H39F3N8O2/c1-37-14-9-23(10-15-37)38(2)26(42)21-5-7-22(8-6-21)34-27-35-25-24(4-3-13-40(25)36-27)39-16-11-28(20-41,12-17-39)18-33-19-29(30,31)32/h3-8,13,23,33,41H,9-12,14-20H2,1-2H3,(H,34,36). The van der Waals surface area contributed by atoms with Crippen LogP contribution < -0.4 is 15.5 Å². The van der Waals surface area contributed by atoms with Gasteiger partial charge in [-0.25, -0.2) is 4.52 Å². The molecule has 2 saturated heterocycles. The summed E-state index contributed by atoms with van der Waals surface area (Å²) in [7, 11) is 3.98. The molecule has 1 aromatic carbocycles. The molecule has 13 heteroatoms. The van der Waals surface area contributed by atoms with E-state index in [1.807, 2.05) is 48.3 Å². The van der Waals surface area contributed by atoms with Crippen molar-refractivity contribution in [1.82, 2.24) is 29.7 Å². The Morgan fingerprint density at radius 1 is 1.12 bits per heavy atom. The van der Waals surface area contributed by atoms with Gasteiger partial charge in [0.1, 0.15) is 0 Å². The molecule has 10 nitrogen and oxygen atoms in total. The summed E-state index contributed by atoms with van der Waals surface area (Å²) in [5.41, 5.74) is 2.31. The SMILES string of the molecule is CN1CCC(N(C)C(=O)c2ccc(Nc3nc4c(N5CCC(CO)(CNCC(F)(F)F)CC5)cccn4n3)cc2)CC1. The van der Waals surface area contributed by atoms with Crippen molar-refractivity contribution in [2.45, 2.75) is 37.9 Å². The predicted molar refractivity (Wildman–Crippen MR) is 155 cm³/mol. The number of aliphatic hydroxyl groups is 1. The summed E-state index contributed by atoms with van der Waals surface area (Å²) in [5, 5.41) is 20.2. The Morgan fingerprint density at radius 3 is 2.45 bits per heavy atom. The van der Waals surface area contributed by atoms with Gasteiger partial charge in [0.2, 0.25) is 5.95 Å². The van der Waals surface area contributed by atoms with Crippen molar-refractivity contribution in [3.8, 4) is 0 Å². The summed E-state index contributed by atoms with van der Waals surface area (Å²) >= 11 is 0. The fraction of sp³-hybridized carbons (Fsp3) is 0.552. The van der Waals surface area contributed by atoms with E-state index in [-0.39, 0.29) is 25.1 Å². The van der Waals surface area contributed by atoms with Crippen LogP contribution in [0.5, 0.6) is 0 Å². The number of alkyl halides is 3. The van der Waals surface area contributed by atoms with Gasteiger partial charge in [0.05, 0.1) is 18.8 Å². The first-order chi connectivity index (χ1) is 20.1. The molecule has 0 radical (unpaired) electrons. The molecule has 2 aliphatic rings. The van der Waals surface area contributed by atoms with Crippen LogP contribution in [0.15, 0.2) is 42.6 Å². The fourth-order valence-corrected chi connectivity index (χ4v) is 5.85. The Morgan fingerprint density at radius 2 is 1.81 bits per heavy atom. The average Bonchev–Trinajstić information content (AvgIpc) is 3.39. The van der Waals surface area contributed by atoms with Crippen molar-refractivity contribution in [3.05, 3.63) is 48.2 Å². The number of carbonyl (C=O) groups is 1. The second-order valence-corrected chi connectivity index (χ2v) is 11.6. The Labute approximate surface area is 243 Å². The largest absolute Gasteiger partial charge is 0.401 e. The number of aromatic nitrogens is 3. The van der Waals surface area contributed by atoms with E-state index in [4.69, 9.17) is 4.98 Å². The zero-order chi connectivity index (χ0) is 29.9. The van der Waals surface area contributed by atoms with Crippen LogP contribution in [-0.4, -0.2) is 108 Å². The number of hydrogen-bond donors (Lipinski definition) is 3. The number of amides is 1. The molecule has 0 aliphatic carbocycles. The number of rotatable bonds is 9. The maximum absolute atomic E-state index is 13.0. The molecule has 42 heavy (non-hydrogen) atoms. The quantitative estimate of drug-likeness (QED) is 0.350. The molecule has 0 unspecified atom stereocenters. The van der Waals surface area contributed by atoms with Gasteiger partial charge in [-0.3, -0.25) is 4.79 Å². The number of carbonyl (C=O) groups excluding carboxylic acids is 1. The van der Waals surface area contributed by atoms with Crippen molar-refractivity contribution in [1.29, 1.82) is 0 Å². The summed E-state index contributed by atoms with van der Waals surface area (Å²) in [6.45, 7) is 2.00. The minimum atomic E-state index is -4.28. The second kappa shape index (κ2) is 12.4. The summed E-state index contributed by atoms with van der Waals surface area (Å²) in [5.74, 6) is 0.414. The molecule has 2 fully saturated rings. The predicted octanol–water partition coefficient (Wildman–Crippen LogP) is 3.37. The topological polar surface area (TPSA) is 101 Å². The first kappa shape index (κ1) is 30.1. The van der Waals surface area contributed by atoms with Gasteiger partial charge < -0.3 is 30.4 Å². The maximum Gasteiger partial charge on any atom is 0.401 e. The fourth-order valence-electron chi connectivity index (χ4n) is 5.85. The van der Waals surface area contributed by atoms with Crippen LogP contribution in [-0.2, 0) is 0 Å². The minimum absolute atomic E-state index is 0.00878. The molecule has 3 N–H and O–H groups in total. The number of hydrogen-bond acceptors (Lipinski definition) is 8. The maximum atomic E-state index is 13.0. The molecule has 4 heterocycles. The number of benzene rings is 1. The highest BCUT2D eigenvalue weighted by atomic mass is 19.4.